The Balaban J connectivity index is 1.17. The van der Waals surface area contributed by atoms with Crippen LogP contribution >= 0.6 is 11.6 Å². The lowest BCUT2D eigenvalue weighted by Crippen LogP contribution is -2.61. The molecule has 7 heteroatoms. The van der Waals surface area contributed by atoms with Crippen LogP contribution < -0.4 is 16.0 Å². The van der Waals surface area contributed by atoms with Crippen LogP contribution in [-0.4, -0.2) is 24.0 Å². The predicted octanol–water partition coefficient (Wildman–Crippen LogP) is 4.43. The number of benzene rings is 2. The molecule has 0 heterocycles. The Morgan fingerprint density at radius 3 is 2.30 bits per heavy atom. The average Bonchev–Trinajstić information content (AvgIpc) is 2.70. The molecule has 2 saturated carbocycles. The Bertz CT molecular complexity index is 985. The second-order valence-electron chi connectivity index (χ2n) is 8.27. The van der Waals surface area contributed by atoms with Gasteiger partial charge in [-0.3, -0.25) is 4.79 Å². The van der Waals surface area contributed by atoms with Gasteiger partial charge in [0, 0.05) is 29.2 Å². The molecule has 0 aromatic heterocycles. The van der Waals surface area contributed by atoms with Crippen molar-refractivity contribution in [3.05, 3.63) is 76.1 Å². The molecule has 2 fully saturated rings. The van der Waals surface area contributed by atoms with Gasteiger partial charge in [0.2, 0.25) is 5.91 Å². The quantitative estimate of drug-likeness (QED) is 0.623. The van der Waals surface area contributed by atoms with Crippen LogP contribution in [0.3, 0.4) is 0 Å². The third-order valence-electron chi connectivity index (χ3n) is 6.02. The first-order chi connectivity index (χ1) is 14.5. The molecule has 0 bridgehead atoms. The van der Waals surface area contributed by atoms with E-state index in [0.29, 0.717) is 22.8 Å². The van der Waals surface area contributed by atoms with Gasteiger partial charge in [-0.25, -0.2) is 9.64 Å². The van der Waals surface area contributed by atoms with Gasteiger partial charge < -0.3 is 16.0 Å². The molecule has 4 rings (SSSR count). The summed E-state index contributed by atoms with van der Waals surface area (Å²) in [4.78, 5) is 27.9. The Hall–Kier alpha value is -3.04. The standard InChI is InChI=1S/C23H23ClN4O2/c1-25-20-5-3-2-4-19(20)21(29)27-17-10-23(11-17)12-18(13-23)28-22(30)26-14-15-6-8-16(24)9-7-15/h2-9,17-18H,10-14H2,(H,27,29)(H2,26,28,30). The Kier molecular flexibility index (Phi) is 5.65. The molecule has 0 atom stereocenters. The number of halogens is 1. The summed E-state index contributed by atoms with van der Waals surface area (Å²) >= 11 is 5.86. The lowest BCUT2D eigenvalue weighted by Gasteiger charge is -2.57. The van der Waals surface area contributed by atoms with Gasteiger partial charge in [-0.15, -0.1) is 0 Å². The highest BCUT2D eigenvalue weighted by atomic mass is 35.5. The summed E-state index contributed by atoms with van der Waals surface area (Å²) in [6.45, 7) is 7.65. The highest BCUT2D eigenvalue weighted by Crippen LogP contribution is 2.55. The van der Waals surface area contributed by atoms with Crippen molar-refractivity contribution in [3.63, 3.8) is 0 Å². The molecule has 2 aliphatic rings. The van der Waals surface area contributed by atoms with Crippen molar-refractivity contribution in [1.29, 1.82) is 0 Å². The van der Waals surface area contributed by atoms with Crippen molar-refractivity contribution >= 4 is 29.2 Å². The van der Waals surface area contributed by atoms with Crippen LogP contribution in [-0.2, 0) is 6.54 Å². The molecular weight excluding hydrogens is 400 g/mol. The monoisotopic (exact) mass is 422 g/mol. The van der Waals surface area contributed by atoms with E-state index in [-0.39, 0.29) is 29.4 Å². The topological polar surface area (TPSA) is 74.6 Å². The van der Waals surface area contributed by atoms with Crippen LogP contribution in [0.2, 0.25) is 5.02 Å². The van der Waals surface area contributed by atoms with E-state index in [2.05, 4.69) is 20.8 Å². The minimum Gasteiger partial charge on any atom is -0.350 e. The zero-order valence-electron chi connectivity index (χ0n) is 16.5. The first kappa shape index (κ1) is 20.2. The van der Waals surface area contributed by atoms with Gasteiger partial charge >= 0.3 is 6.03 Å². The smallest absolute Gasteiger partial charge is 0.315 e. The SMILES string of the molecule is [C-]#[N+]c1ccccc1C(=O)NC1CC2(CC(NC(=O)NCc3ccc(Cl)cc3)C2)C1. The van der Waals surface area contributed by atoms with Gasteiger partial charge in [-0.05, 0) is 48.8 Å². The second-order valence-corrected chi connectivity index (χ2v) is 8.70. The number of urea groups is 1. The molecule has 2 aromatic rings. The normalized spacial score (nSPS) is 24.1. The van der Waals surface area contributed by atoms with Crippen molar-refractivity contribution in [3.8, 4) is 0 Å². The first-order valence-electron chi connectivity index (χ1n) is 10.0. The van der Waals surface area contributed by atoms with Crippen molar-refractivity contribution < 1.29 is 9.59 Å². The number of carbonyl (C=O) groups is 2. The van der Waals surface area contributed by atoms with Crippen molar-refractivity contribution in [2.24, 2.45) is 5.41 Å². The Labute approximate surface area is 180 Å². The number of nitrogens with one attached hydrogen (secondary N) is 3. The maximum atomic E-state index is 12.4. The van der Waals surface area contributed by atoms with Crippen molar-refractivity contribution in [2.75, 3.05) is 0 Å². The highest BCUT2D eigenvalue weighted by molar-refractivity contribution is 6.30. The van der Waals surface area contributed by atoms with E-state index in [9.17, 15) is 9.59 Å². The van der Waals surface area contributed by atoms with E-state index >= 15 is 0 Å². The Morgan fingerprint density at radius 2 is 1.63 bits per heavy atom. The fourth-order valence-corrected chi connectivity index (χ4v) is 4.68. The van der Waals surface area contributed by atoms with Gasteiger partial charge in [0.1, 0.15) is 0 Å². The summed E-state index contributed by atoms with van der Waals surface area (Å²) in [5.41, 5.74) is 2.03. The molecule has 3 amide bonds. The summed E-state index contributed by atoms with van der Waals surface area (Å²) < 4.78 is 0. The van der Waals surface area contributed by atoms with Crippen molar-refractivity contribution in [1.82, 2.24) is 16.0 Å². The van der Waals surface area contributed by atoms with E-state index < -0.39 is 0 Å². The maximum Gasteiger partial charge on any atom is 0.315 e. The molecule has 1 spiro atoms. The molecule has 0 saturated heterocycles. The minimum atomic E-state index is -0.183. The number of hydrogen-bond acceptors (Lipinski definition) is 2. The fraction of sp³-hybridized carbons (Fsp3) is 0.348. The molecule has 0 radical (unpaired) electrons. The van der Waals surface area contributed by atoms with Crippen LogP contribution in [0.4, 0.5) is 10.5 Å². The van der Waals surface area contributed by atoms with E-state index in [1.54, 1.807) is 36.4 Å². The molecule has 30 heavy (non-hydrogen) atoms. The molecule has 2 aromatic carbocycles. The van der Waals surface area contributed by atoms with E-state index in [1.807, 2.05) is 12.1 Å². The van der Waals surface area contributed by atoms with Gasteiger partial charge in [0.05, 0.1) is 6.57 Å². The van der Waals surface area contributed by atoms with Crippen LogP contribution in [0, 0.1) is 12.0 Å². The molecule has 6 nitrogen and oxygen atoms in total. The fourth-order valence-electron chi connectivity index (χ4n) is 4.56. The molecule has 2 aliphatic carbocycles. The molecule has 0 aliphatic heterocycles. The number of amides is 3. The van der Waals surface area contributed by atoms with Crippen LogP contribution in [0.15, 0.2) is 48.5 Å². The van der Waals surface area contributed by atoms with E-state index in [1.165, 1.54) is 0 Å². The average molecular weight is 423 g/mol. The number of para-hydroxylation sites is 1. The minimum absolute atomic E-state index is 0.135. The summed E-state index contributed by atoms with van der Waals surface area (Å²) in [6, 6.07) is 14.4. The summed E-state index contributed by atoms with van der Waals surface area (Å²) in [5.74, 6) is -0.183. The van der Waals surface area contributed by atoms with E-state index in [0.717, 1.165) is 31.2 Å². The predicted molar refractivity (Wildman–Crippen MR) is 115 cm³/mol. The number of carbonyl (C=O) groups excluding carboxylic acids is 2. The molecular formula is C23H23ClN4O2. The molecule has 3 N–H and O–H groups in total. The largest absolute Gasteiger partial charge is 0.350 e. The van der Waals surface area contributed by atoms with Gasteiger partial charge in [-0.1, -0.05) is 48.0 Å². The second kappa shape index (κ2) is 8.37. The maximum absolute atomic E-state index is 12.4. The lowest BCUT2D eigenvalue weighted by molar-refractivity contribution is -0.0236. The van der Waals surface area contributed by atoms with Crippen LogP contribution in [0.1, 0.15) is 41.6 Å². The number of rotatable bonds is 5. The summed E-state index contributed by atoms with van der Waals surface area (Å²) in [5, 5.41) is 9.60. The molecule has 0 unspecified atom stereocenters. The first-order valence-corrected chi connectivity index (χ1v) is 10.4. The van der Waals surface area contributed by atoms with Gasteiger partial charge in [0.25, 0.3) is 0 Å². The highest BCUT2D eigenvalue weighted by Gasteiger charge is 2.53. The van der Waals surface area contributed by atoms with Crippen LogP contribution in [0.5, 0.6) is 0 Å². The van der Waals surface area contributed by atoms with Gasteiger partial charge in [0.15, 0.2) is 5.69 Å². The molecule has 154 valence electrons. The Morgan fingerprint density at radius 1 is 1.00 bits per heavy atom. The lowest BCUT2D eigenvalue weighted by atomic mass is 9.52. The number of nitrogens with zero attached hydrogens (tertiary/aromatic N) is 1. The third kappa shape index (κ3) is 4.42. The zero-order valence-corrected chi connectivity index (χ0v) is 17.2. The summed E-state index contributed by atoms with van der Waals surface area (Å²) in [7, 11) is 0. The summed E-state index contributed by atoms with van der Waals surface area (Å²) in [6.07, 6.45) is 3.71. The zero-order chi connectivity index (χ0) is 21.1. The van der Waals surface area contributed by atoms with Crippen molar-refractivity contribution in [2.45, 2.75) is 44.3 Å². The number of hydrogen-bond donors (Lipinski definition) is 3. The third-order valence-corrected chi connectivity index (χ3v) is 6.28. The van der Waals surface area contributed by atoms with Gasteiger partial charge in [-0.2, -0.15) is 0 Å². The van der Waals surface area contributed by atoms with Crippen LogP contribution in [0.25, 0.3) is 4.85 Å². The van der Waals surface area contributed by atoms with E-state index in [4.69, 9.17) is 18.2 Å².